The van der Waals surface area contributed by atoms with Crippen molar-refractivity contribution in [1.82, 2.24) is 14.8 Å². The average molecular weight is 274 g/mol. The molecule has 1 N–H and O–H groups in total. The van der Waals surface area contributed by atoms with Crippen LogP contribution < -0.4 is 15.6 Å². The molecule has 20 heavy (non-hydrogen) atoms. The summed E-state index contributed by atoms with van der Waals surface area (Å²) >= 11 is 0. The third-order valence-electron chi connectivity index (χ3n) is 3.03. The number of nitrogens with zero attached hydrogens (tertiary/aromatic N) is 3. The molecule has 0 amide bonds. The van der Waals surface area contributed by atoms with E-state index >= 15 is 0 Å². The maximum absolute atomic E-state index is 12.0. The van der Waals surface area contributed by atoms with Crippen LogP contribution in [0.15, 0.2) is 35.4 Å². The van der Waals surface area contributed by atoms with Gasteiger partial charge >= 0.3 is 5.56 Å². The van der Waals surface area contributed by atoms with Crippen LogP contribution in [-0.4, -0.2) is 27.9 Å². The Balaban J connectivity index is 2.29. The van der Waals surface area contributed by atoms with Gasteiger partial charge in [0.05, 0.1) is 25.2 Å². The maximum Gasteiger partial charge on any atom is 0.313 e. The molecule has 2 aromatic rings. The minimum Gasteiger partial charge on any atom is -0.491 e. The molecule has 0 saturated carbocycles. The number of pyridine rings is 1. The van der Waals surface area contributed by atoms with Gasteiger partial charge in [-0.1, -0.05) is 6.92 Å². The van der Waals surface area contributed by atoms with Crippen molar-refractivity contribution < 1.29 is 4.74 Å². The van der Waals surface area contributed by atoms with Crippen molar-refractivity contribution >= 4 is 5.82 Å². The summed E-state index contributed by atoms with van der Waals surface area (Å²) in [5.41, 5.74) is 0.294. The Morgan fingerprint density at radius 1 is 1.40 bits per heavy atom. The van der Waals surface area contributed by atoms with Crippen molar-refractivity contribution in [3.05, 3.63) is 40.9 Å². The van der Waals surface area contributed by atoms with Gasteiger partial charge in [-0.25, -0.2) is 4.98 Å². The summed E-state index contributed by atoms with van der Waals surface area (Å²) in [7, 11) is 1.46. The molecule has 0 aliphatic carbocycles. The summed E-state index contributed by atoms with van der Waals surface area (Å²) < 4.78 is 6.25. The Labute approximate surface area is 117 Å². The van der Waals surface area contributed by atoms with E-state index in [1.807, 2.05) is 6.07 Å². The number of hydrogen-bond acceptors (Lipinski definition) is 5. The van der Waals surface area contributed by atoms with Crippen molar-refractivity contribution in [3.63, 3.8) is 0 Å². The second-order valence-corrected chi connectivity index (χ2v) is 4.47. The highest BCUT2D eigenvalue weighted by atomic mass is 16.5. The maximum atomic E-state index is 12.0. The number of rotatable bonds is 5. The van der Waals surface area contributed by atoms with Gasteiger partial charge in [0.2, 0.25) is 0 Å². The molecule has 106 valence electrons. The molecule has 2 heterocycles. The number of methoxy groups -OCH3 is 1. The lowest BCUT2D eigenvalue weighted by atomic mass is 10.2. The van der Waals surface area contributed by atoms with E-state index in [1.54, 1.807) is 12.3 Å². The predicted molar refractivity (Wildman–Crippen MR) is 77.6 cm³/mol. The molecule has 1 atom stereocenters. The minimum atomic E-state index is -0.306. The van der Waals surface area contributed by atoms with E-state index in [4.69, 9.17) is 4.74 Å². The number of nitrogens with one attached hydrogen (secondary N) is 1. The third kappa shape index (κ3) is 2.96. The Kier molecular flexibility index (Phi) is 4.34. The molecule has 0 bridgehead atoms. The van der Waals surface area contributed by atoms with Crippen molar-refractivity contribution in [2.24, 2.45) is 0 Å². The van der Waals surface area contributed by atoms with Gasteiger partial charge in [-0.05, 0) is 25.5 Å². The second kappa shape index (κ2) is 6.18. The van der Waals surface area contributed by atoms with Gasteiger partial charge in [0.15, 0.2) is 5.75 Å². The molecule has 6 nitrogen and oxygen atoms in total. The van der Waals surface area contributed by atoms with E-state index in [0.29, 0.717) is 11.7 Å². The topological polar surface area (TPSA) is 69.0 Å². The van der Waals surface area contributed by atoms with Gasteiger partial charge in [-0.2, -0.15) is 9.78 Å². The predicted octanol–water partition coefficient (Wildman–Crippen LogP) is 1.85. The highest BCUT2D eigenvalue weighted by molar-refractivity contribution is 5.41. The van der Waals surface area contributed by atoms with Crippen LogP contribution in [0.25, 0.3) is 5.69 Å². The monoisotopic (exact) mass is 274 g/mol. The van der Waals surface area contributed by atoms with E-state index in [9.17, 15) is 4.79 Å². The normalized spacial score (nSPS) is 11.9. The fraction of sp³-hybridized carbons (Fsp3) is 0.357. The molecule has 0 radical (unpaired) electrons. The van der Waals surface area contributed by atoms with Gasteiger partial charge in [0, 0.05) is 12.1 Å². The first-order valence-electron chi connectivity index (χ1n) is 6.51. The largest absolute Gasteiger partial charge is 0.491 e. The lowest BCUT2D eigenvalue weighted by Crippen LogP contribution is -2.22. The first-order valence-corrected chi connectivity index (χ1v) is 6.51. The quantitative estimate of drug-likeness (QED) is 0.901. The van der Waals surface area contributed by atoms with Crippen LogP contribution in [0.2, 0.25) is 0 Å². The SMILES string of the molecule is CCC(C)Nc1ccc(-n2nccc(OC)c2=O)cn1. The van der Waals surface area contributed by atoms with Gasteiger partial charge in [-0.3, -0.25) is 4.79 Å². The van der Waals surface area contributed by atoms with Crippen LogP contribution in [-0.2, 0) is 0 Å². The Morgan fingerprint density at radius 2 is 2.20 bits per heavy atom. The molecule has 6 heteroatoms. The number of ether oxygens (including phenoxy) is 1. The first-order chi connectivity index (χ1) is 9.65. The smallest absolute Gasteiger partial charge is 0.313 e. The number of hydrogen-bond donors (Lipinski definition) is 1. The standard InChI is InChI=1S/C14H18N4O2/c1-4-10(2)17-13-6-5-11(9-15-13)18-14(19)12(20-3)7-8-16-18/h5-10H,4H2,1-3H3,(H,15,17). The zero-order chi connectivity index (χ0) is 14.5. The van der Waals surface area contributed by atoms with Crippen molar-refractivity contribution in [1.29, 1.82) is 0 Å². The van der Waals surface area contributed by atoms with Crippen LogP contribution in [0.5, 0.6) is 5.75 Å². The lowest BCUT2D eigenvalue weighted by molar-refractivity contribution is 0.403. The van der Waals surface area contributed by atoms with Gasteiger partial charge in [0.1, 0.15) is 5.82 Å². The fourth-order valence-corrected chi connectivity index (χ4v) is 1.69. The first kappa shape index (κ1) is 14.0. The van der Waals surface area contributed by atoms with Crippen LogP contribution in [0.1, 0.15) is 20.3 Å². The summed E-state index contributed by atoms with van der Waals surface area (Å²) in [4.78, 5) is 16.3. The number of aromatic nitrogens is 3. The highest BCUT2D eigenvalue weighted by Gasteiger charge is 2.07. The Hall–Kier alpha value is -2.37. The van der Waals surface area contributed by atoms with Crippen molar-refractivity contribution in [2.75, 3.05) is 12.4 Å². The highest BCUT2D eigenvalue weighted by Crippen LogP contribution is 2.10. The molecule has 2 rings (SSSR count). The zero-order valence-electron chi connectivity index (χ0n) is 11.8. The molecule has 2 aromatic heterocycles. The molecular formula is C14H18N4O2. The molecular weight excluding hydrogens is 256 g/mol. The van der Waals surface area contributed by atoms with Crippen molar-refractivity contribution in [3.8, 4) is 11.4 Å². The van der Waals surface area contributed by atoms with Crippen LogP contribution >= 0.6 is 0 Å². The van der Waals surface area contributed by atoms with E-state index in [0.717, 1.165) is 12.2 Å². The van der Waals surface area contributed by atoms with Gasteiger partial charge < -0.3 is 10.1 Å². The molecule has 0 spiro atoms. The molecule has 0 aromatic carbocycles. The fourth-order valence-electron chi connectivity index (χ4n) is 1.69. The summed E-state index contributed by atoms with van der Waals surface area (Å²) in [5.74, 6) is 1.03. The van der Waals surface area contributed by atoms with Gasteiger partial charge in [-0.15, -0.1) is 0 Å². The molecule has 0 aliphatic rings. The minimum absolute atomic E-state index is 0.252. The molecule has 1 unspecified atom stereocenters. The summed E-state index contributed by atoms with van der Waals surface area (Å²) in [6.45, 7) is 4.19. The van der Waals surface area contributed by atoms with Crippen LogP contribution in [0.4, 0.5) is 5.82 Å². The van der Waals surface area contributed by atoms with E-state index in [1.165, 1.54) is 24.1 Å². The zero-order valence-corrected chi connectivity index (χ0v) is 11.8. The molecule has 0 aliphatic heterocycles. The van der Waals surface area contributed by atoms with E-state index < -0.39 is 0 Å². The lowest BCUT2D eigenvalue weighted by Gasteiger charge is -2.12. The summed E-state index contributed by atoms with van der Waals surface area (Å²) in [6.07, 6.45) is 4.14. The van der Waals surface area contributed by atoms with E-state index in [2.05, 4.69) is 29.2 Å². The van der Waals surface area contributed by atoms with Gasteiger partial charge in [0.25, 0.3) is 0 Å². The number of anilines is 1. The second-order valence-electron chi connectivity index (χ2n) is 4.47. The Morgan fingerprint density at radius 3 is 2.80 bits per heavy atom. The van der Waals surface area contributed by atoms with E-state index in [-0.39, 0.29) is 11.3 Å². The third-order valence-corrected chi connectivity index (χ3v) is 3.03. The summed E-state index contributed by atoms with van der Waals surface area (Å²) in [5, 5.41) is 7.29. The van der Waals surface area contributed by atoms with Crippen molar-refractivity contribution in [2.45, 2.75) is 26.3 Å². The Bertz CT molecular complexity index is 622. The molecule has 0 fully saturated rings. The summed E-state index contributed by atoms with van der Waals surface area (Å²) in [6, 6.07) is 5.51. The molecule has 0 saturated heterocycles. The van der Waals surface area contributed by atoms with Crippen LogP contribution in [0, 0.1) is 0 Å². The van der Waals surface area contributed by atoms with Crippen LogP contribution in [0.3, 0.4) is 0 Å². The average Bonchev–Trinajstić information content (AvgIpc) is 2.48.